The Hall–Kier alpha value is -3.02. The lowest BCUT2D eigenvalue weighted by Crippen LogP contribution is -2.22. The molecule has 2 aromatic rings. The molecule has 1 aliphatic carbocycles. The van der Waals surface area contributed by atoms with Crippen LogP contribution in [0.5, 0.6) is 0 Å². The Morgan fingerprint density at radius 2 is 1.54 bits per heavy atom. The lowest BCUT2D eigenvalue weighted by molar-refractivity contribution is -0.137. The van der Waals surface area contributed by atoms with E-state index in [1.54, 1.807) is 12.1 Å². The van der Waals surface area contributed by atoms with Crippen molar-refractivity contribution >= 4 is 17.3 Å². The molecular formula is C18H9F3O3. The second kappa shape index (κ2) is 5.56. The van der Waals surface area contributed by atoms with Crippen LogP contribution >= 0.6 is 0 Å². The van der Waals surface area contributed by atoms with Crippen molar-refractivity contribution in [2.24, 2.45) is 0 Å². The van der Waals surface area contributed by atoms with E-state index >= 15 is 0 Å². The third kappa shape index (κ3) is 2.67. The first-order valence-electron chi connectivity index (χ1n) is 6.91. The average Bonchev–Trinajstić information content (AvgIpc) is 2.57. The Bertz CT molecular complexity index is 908. The van der Waals surface area contributed by atoms with Crippen LogP contribution in [0.1, 0.15) is 36.6 Å². The van der Waals surface area contributed by atoms with E-state index in [1.165, 1.54) is 18.2 Å². The highest BCUT2D eigenvalue weighted by molar-refractivity contribution is 6.37. The van der Waals surface area contributed by atoms with Crippen LogP contribution in [0.4, 0.5) is 13.2 Å². The van der Waals surface area contributed by atoms with E-state index in [0.717, 1.165) is 18.2 Å². The predicted octanol–water partition coefficient (Wildman–Crippen LogP) is 3.89. The van der Waals surface area contributed by atoms with Crippen molar-refractivity contribution in [2.45, 2.75) is 6.18 Å². The highest BCUT2D eigenvalue weighted by Crippen LogP contribution is 2.30. The fraction of sp³-hybridized carbons (Fsp3) is 0.0556. The third-order valence-electron chi connectivity index (χ3n) is 3.65. The maximum absolute atomic E-state index is 12.8. The number of halogens is 3. The summed E-state index contributed by atoms with van der Waals surface area (Å²) in [5, 5.41) is 0. The molecule has 0 spiro atoms. The van der Waals surface area contributed by atoms with Gasteiger partial charge in [-0.15, -0.1) is 0 Å². The molecule has 0 fully saturated rings. The molecule has 0 bridgehead atoms. The lowest BCUT2D eigenvalue weighted by atomic mass is 9.86. The summed E-state index contributed by atoms with van der Waals surface area (Å²) in [6.45, 7) is 0. The van der Waals surface area contributed by atoms with Gasteiger partial charge in [-0.05, 0) is 12.1 Å². The van der Waals surface area contributed by atoms with E-state index < -0.39 is 34.7 Å². The third-order valence-corrected chi connectivity index (χ3v) is 3.65. The molecule has 3 nitrogen and oxygen atoms in total. The van der Waals surface area contributed by atoms with Crippen LogP contribution in [0.3, 0.4) is 0 Å². The molecule has 0 saturated heterocycles. The standard InChI is InChI=1S/C18H9F3O3/c19-18(20,21)11-5-3-4-10(8-11)16(23)14-9-15(22)12-6-1-2-7-13(12)17(14)24/h1-9H. The molecule has 0 aromatic heterocycles. The van der Waals surface area contributed by atoms with Crippen LogP contribution < -0.4 is 0 Å². The molecule has 0 heterocycles. The predicted molar refractivity (Wildman–Crippen MR) is 79.0 cm³/mol. The molecule has 0 N–H and O–H groups in total. The number of allylic oxidation sites excluding steroid dienone is 2. The van der Waals surface area contributed by atoms with Gasteiger partial charge in [-0.3, -0.25) is 14.4 Å². The number of ketones is 3. The highest BCUT2D eigenvalue weighted by Gasteiger charge is 2.33. The second-order valence-electron chi connectivity index (χ2n) is 5.20. The minimum Gasteiger partial charge on any atom is -0.289 e. The van der Waals surface area contributed by atoms with Crippen molar-refractivity contribution in [3.05, 3.63) is 82.4 Å². The fourth-order valence-corrected chi connectivity index (χ4v) is 2.48. The van der Waals surface area contributed by atoms with Gasteiger partial charge in [-0.1, -0.05) is 36.4 Å². The summed E-state index contributed by atoms with van der Waals surface area (Å²) in [4.78, 5) is 36.9. The van der Waals surface area contributed by atoms with Crippen LogP contribution in [0.2, 0.25) is 0 Å². The molecule has 0 saturated carbocycles. The zero-order chi connectivity index (χ0) is 17.5. The largest absolute Gasteiger partial charge is 0.416 e. The number of benzene rings is 2. The highest BCUT2D eigenvalue weighted by atomic mass is 19.4. The first kappa shape index (κ1) is 15.9. The van der Waals surface area contributed by atoms with E-state index in [2.05, 4.69) is 0 Å². The monoisotopic (exact) mass is 330 g/mol. The van der Waals surface area contributed by atoms with Crippen molar-refractivity contribution < 1.29 is 27.6 Å². The molecule has 120 valence electrons. The normalized spacial score (nSPS) is 14.2. The summed E-state index contributed by atoms with van der Waals surface area (Å²) in [5.41, 5.74) is -1.48. The Balaban J connectivity index is 2.03. The molecule has 3 rings (SSSR count). The molecule has 0 atom stereocenters. The Morgan fingerprint density at radius 3 is 2.21 bits per heavy atom. The Kier molecular flexibility index (Phi) is 3.67. The number of fused-ring (bicyclic) bond motifs is 1. The number of carbonyl (C=O) groups is 3. The summed E-state index contributed by atoms with van der Waals surface area (Å²) < 4.78 is 38.3. The molecular weight excluding hydrogens is 321 g/mol. The molecule has 24 heavy (non-hydrogen) atoms. The van der Waals surface area contributed by atoms with Gasteiger partial charge in [0.2, 0.25) is 0 Å². The van der Waals surface area contributed by atoms with E-state index in [1.807, 2.05) is 0 Å². The van der Waals surface area contributed by atoms with Crippen molar-refractivity contribution in [3.63, 3.8) is 0 Å². The van der Waals surface area contributed by atoms with Crippen molar-refractivity contribution in [1.29, 1.82) is 0 Å². The van der Waals surface area contributed by atoms with Gasteiger partial charge in [0.25, 0.3) is 0 Å². The van der Waals surface area contributed by atoms with Gasteiger partial charge in [-0.2, -0.15) is 13.2 Å². The number of Topliss-reactive ketones (excluding diaryl/α,β-unsaturated/α-hetero) is 2. The van der Waals surface area contributed by atoms with Gasteiger partial charge < -0.3 is 0 Å². The molecule has 2 aromatic carbocycles. The number of hydrogen-bond donors (Lipinski definition) is 0. The van der Waals surface area contributed by atoms with Gasteiger partial charge in [0.1, 0.15) is 0 Å². The van der Waals surface area contributed by atoms with Gasteiger partial charge >= 0.3 is 6.18 Å². The summed E-state index contributed by atoms with van der Waals surface area (Å²) >= 11 is 0. The average molecular weight is 330 g/mol. The number of rotatable bonds is 2. The van der Waals surface area contributed by atoms with Crippen molar-refractivity contribution in [3.8, 4) is 0 Å². The molecule has 0 amide bonds. The minimum absolute atomic E-state index is 0.0697. The summed E-state index contributed by atoms with van der Waals surface area (Å²) in [6.07, 6.45) is -3.73. The molecule has 0 aliphatic heterocycles. The summed E-state index contributed by atoms with van der Waals surface area (Å²) in [7, 11) is 0. The van der Waals surface area contributed by atoms with Gasteiger partial charge in [0, 0.05) is 22.8 Å². The van der Waals surface area contributed by atoms with Gasteiger partial charge in [0.05, 0.1) is 11.1 Å². The van der Waals surface area contributed by atoms with E-state index in [9.17, 15) is 27.6 Å². The maximum Gasteiger partial charge on any atom is 0.416 e. The quantitative estimate of drug-likeness (QED) is 0.620. The zero-order valence-corrected chi connectivity index (χ0v) is 12.1. The summed E-state index contributed by atoms with van der Waals surface area (Å²) in [6, 6.07) is 9.74. The smallest absolute Gasteiger partial charge is 0.289 e. The first-order chi connectivity index (χ1) is 11.3. The zero-order valence-electron chi connectivity index (χ0n) is 12.1. The van der Waals surface area contributed by atoms with E-state index in [4.69, 9.17) is 0 Å². The first-order valence-corrected chi connectivity index (χ1v) is 6.91. The van der Waals surface area contributed by atoms with Gasteiger partial charge in [-0.25, -0.2) is 0 Å². The molecule has 6 heteroatoms. The Morgan fingerprint density at radius 1 is 0.875 bits per heavy atom. The topological polar surface area (TPSA) is 51.2 Å². The fourth-order valence-electron chi connectivity index (χ4n) is 2.48. The number of carbonyl (C=O) groups excluding carboxylic acids is 3. The SMILES string of the molecule is O=C(C1=CC(=O)c2ccccc2C1=O)c1cccc(C(F)(F)F)c1. The maximum atomic E-state index is 12.8. The Labute approximate surface area is 134 Å². The lowest BCUT2D eigenvalue weighted by Gasteiger charge is -2.14. The summed E-state index contributed by atoms with van der Waals surface area (Å²) in [5.74, 6) is -2.11. The van der Waals surface area contributed by atoms with Crippen LogP contribution in [0.15, 0.2) is 60.2 Å². The molecule has 1 aliphatic rings. The minimum atomic E-state index is -4.61. The van der Waals surface area contributed by atoms with E-state index in [-0.39, 0.29) is 16.7 Å². The number of hydrogen-bond acceptors (Lipinski definition) is 3. The molecule has 0 radical (unpaired) electrons. The second-order valence-corrected chi connectivity index (χ2v) is 5.20. The van der Waals surface area contributed by atoms with Crippen molar-refractivity contribution in [1.82, 2.24) is 0 Å². The van der Waals surface area contributed by atoms with Crippen LogP contribution in [-0.2, 0) is 6.18 Å². The van der Waals surface area contributed by atoms with Crippen LogP contribution in [-0.4, -0.2) is 17.3 Å². The van der Waals surface area contributed by atoms with E-state index in [0.29, 0.717) is 6.07 Å². The van der Waals surface area contributed by atoms with Gasteiger partial charge in [0.15, 0.2) is 17.3 Å². The van der Waals surface area contributed by atoms with Crippen LogP contribution in [0.25, 0.3) is 0 Å². The molecule has 0 unspecified atom stereocenters. The number of alkyl halides is 3. The van der Waals surface area contributed by atoms with Crippen molar-refractivity contribution in [2.75, 3.05) is 0 Å². The van der Waals surface area contributed by atoms with Crippen LogP contribution in [0, 0.1) is 0 Å².